The number of nitrogens with one attached hydrogen (secondary N) is 1. The topological polar surface area (TPSA) is 44.5 Å². The second-order valence-electron chi connectivity index (χ2n) is 10.8. The van der Waals surface area contributed by atoms with Gasteiger partial charge in [-0.2, -0.15) is 0 Å². The molecular weight excluding hydrogens is 583 g/mol. The summed E-state index contributed by atoms with van der Waals surface area (Å²) in [5, 5.41) is 5.74. The molecule has 2 aliphatic heterocycles. The van der Waals surface area contributed by atoms with Crippen molar-refractivity contribution in [3.05, 3.63) is 99.4 Å². The van der Waals surface area contributed by atoms with Crippen molar-refractivity contribution in [2.45, 2.75) is 32.4 Å². The first kappa shape index (κ1) is 27.4. The summed E-state index contributed by atoms with van der Waals surface area (Å²) in [7, 11) is 0. The first-order valence-corrected chi connectivity index (χ1v) is 14.9. The molecule has 4 heterocycles. The Morgan fingerprint density at radius 1 is 0.900 bits per heavy atom. The molecule has 6 rings (SSSR count). The Labute approximate surface area is 255 Å². The highest BCUT2D eigenvalue weighted by atomic mass is 35.5. The smallest absolute Gasteiger partial charge is 0.174 e. The normalized spacial score (nSPS) is 23.0. The molecule has 4 atom stereocenters. The third-order valence-electron chi connectivity index (χ3n) is 7.64. The summed E-state index contributed by atoms with van der Waals surface area (Å²) >= 11 is 25.3. The van der Waals surface area contributed by atoms with E-state index in [9.17, 15) is 0 Å². The quantitative estimate of drug-likeness (QED) is 0.227. The molecule has 0 spiro atoms. The van der Waals surface area contributed by atoms with Gasteiger partial charge in [0.05, 0.1) is 32.5 Å². The van der Waals surface area contributed by atoms with E-state index in [2.05, 4.69) is 46.1 Å². The molecule has 0 amide bonds. The van der Waals surface area contributed by atoms with Crippen LogP contribution in [0.1, 0.15) is 43.8 Å². The van der Waals surface area contributed by atoms with Crippen molar-refractivity contribution in [1.29, 1.82) is 0 Å². The van der Waals surface area contributed by atoms with Crippen LogP contribution in [0.4, 0.5) is 11.4 Å². The van der Waals surface area contributed by atoms with Gasteiger partial charge in [0.15, 0.2) is 5.11 Å². The lowest BCUT2D eigenvalue weighted by Crippen LogP contribution is -2.38. The highest BCUT2D eigenvalue weighted by Gasteiger charge is 2.43. The minimum absolute atomic E-state index is 0.233. The van der Waals surface area contributed by atoms with Crippen LogP contribution in [0.3, 0.4) is 0 Å². The van der Waals surface area contributed by atoms with Gasteiger partial charge in [-0.3, -0.25) is 4.98 Å². The van der Waals surface area contributed by atoms with Crippen molar-refractivity contribution in [1.82, 2.24) is 10.3 Å². The van der Waals surface area contributed by atoms with Gasteiger partial charge < -0.3 is 19.5 Å². The molecule has 2 aromatic carbocycles. The van der Waals surface area contributed by atoms with Gasteiger partial charge in [-0.15, -0.1) is 0 Å². The number of piperidine rings is 1. The molecule has 0 saturated carbocycles. The van der Waals surface area contributed by atoms with E-state index < -0.39 is 0 Å². The van der Waals surface area contributed by atoms with Gasteiger partial charge in [-0.1, -0.05) is 54.7 Å². The van der Waals surface area contributed by atoms with Crippen LogP contribution in [0.25, 0.3) is 11.3 Å². The first-order chi connectivity index (χ1) is 19.3. The SMILES string of the molecule is CC1CC(C)CN(c2ccc(N3C(=S)NC(c4ccccn4)C3c3ccc(-c4ccc(Cl)c(Cl)c4)o3)cc2Cl)C1. The summed E-state index contributed by atoms with van der Waals surface area (Å²) in [4.78, 5) is 9.11. The summed E-state index contributed by atoms with van der Waals surface area (Å²) < 4.78 is 6.46. The van der Waals surface area contributed by atoms with Crippen molar-refractivity contribution in [3.8, 4) is 11.3 Å². The lowest BCUT2D eigenvalue weighted by Gasteiger charge is -2.37. The summed E-state index contributed by atoms with van der Waals surface area (Å²) in [5.74, 6) is 2.68. The molecule has 4 unspecified atom stereocenters. The van der Waals surface area contributed by atoms with Crippen LogP contribution < -0.4 is 15.1 Å². The number of hydrogen-bond acceptors (Lipinski definition) is 4. The summed E-state index contributed by atoms with van der Waals surface area (Å²) in [5.41, 5.74) is 3.65. The standard InChI is InChI=1S/C31H29Cl3N4OS/c1-18-13-19(2)17-37(16-18)26-9-7-21(15-24(26)34)38-30(29(36-31(38)40)25-5-3-4-12-35-25)28-11-10-27(39-28)20-6-8-22(32)23(33)14-20/h3-12,14-15,18-19,29-30H,13,16-17H2,1-2H3,(H,36,40). The minimum Gasteiger partial charge on any atom is -0.459 e. The number of thiocarbonyl (C=S) groups is 1. The number of rotatable bonds is 5. The van der Waals surface area contributed by atoms with Crippen molar-refractivity contribution < 1.29 is 4.42 Å². The van der Waals surface area contributed by atoms with Crippen LogP contribution in [0.2, 0.25) is 15.1 Å². The maximum absolute atomic E-state index is 6.95. The number of aromatic nitrogens is 1. The number of halogens is 3. The van der Waals surface area contributed by atoms with E-state index in [1.807, 2.05) is 42.5 Å². The monoisotopic (exact) mass is 610 g/mol. The third-order valence-corrected chi connectivity index (χ3v) is 9.00. The van der Waals surface area contributed by atoms with Crippen molar-refractivity contribution in [2.75, 3.05) is 22.9 Å². The van der Waals surface area contributed by atoms with Crippen LogP contribution >= 0.6 is 47.0 Å². The molecule has 2 aromatic heterocycles. The van der Waals surface area contributed by atoms with E-state index in [0.717, 1.165) is 41.5 Å². The van der Waals surface area contributed by atoms with Gasteiger partial charge in [0.1, 0.15) is 17.6 Å². The van der Waals surface area contributed by atoms with E-state index in [-0.39, 0.29) is 12.1 Å². The Hall–Kier alpha value is -2.77. The summed E-state index contributed by atoms with van der Waals surface area (Å²) in [6, 6.07) is 20.9. The number of anilines is 2. The van der Waals surface area contributed by atoms with Crippen LogP contribution in [-0.2, 0) is 0 Å². The molecule has 206 valence electrons. The second-order valence-corrected chi connectivity index (χ2v) is 12.4. The van der Waals surface area contributed by atoms with Gasteiger partial charge in [-0.25, -0.2) is 0 Å². The van der Waals surface area contributed by atoms with E-state index in [1.54, 1.807) is 18.3 Å². The Bertz CT molecular complexity index is 1530. The number of pyridine rings is 1. The predicted octanol–water partition coefficient (Wildman–Crippen LogP) is 8.96. The zero-order valence-corrected chi connectivity index (χ0v) is 25.2. The van der Waals surface area contributed by atoms with Gasteiger partial charge in [0.25, 0.3) is 0 Å². The zero-order valence-electron chi connectivity index (χ0n) is 22.2. The molecule has 2 aliphatic rings. The number of benzene rings is 2. The average molecular weight is 612 g/mol. The Morgan fingerprint density at radius 3 is 2.40 bits per heavy atom. The fourth-order valence-electron chi connectivity index (χ4n) is 6.00. The molecule has 0 bridgehead atoms. The maximum atomic E-state index is 6.95. The molecule has 1 N–H and O–H groups in total. The lowest BCUT2D eigenvalue weighted by molar-refractivity contribution is 0.357. The van der Waals surface area contributed by atoms with Gasteiger partial charge in [-0.05, 0) is 91.1 Å². The van der Waals surface area contributed by atoms with Crippen LogP contribution in [0.15, 0.2) is 77.3 Å². The van der Waals surface area contributed by atoms with Crippen LogP contribution in [0.5, 0.6) is 0 Å². The fourth-order valence-corrected chi connectivity index (χ4v) is 6.94. The van der Waals surface area contributed by atoms with Gasteiger partial charge >= 0.3 is 0 Å². The largest absolute Gasteiger partial charge is 0.459 e. The molecule has 0 radical (unpaired) electrons. The molecule has 2 fully saturated rings. The average Bonchev–Trinajstić information content (AvgIpc) is 3.55. The Kier molecular flexibility index (Phi) is 7.71. The zero-order chi connectivity index (χ0) is 28.0. The Morgan fingerprint density at radius 2 is 1.70 bits per heavy atom. The van der Waals surface area contributed by atoms with Gasteiger partial charge in [0.2, 0.25) is 0 Å². The molecule has 5 nitrogen and oxygen atoms in total. The van der Waals surface area contributed by atoms with Crippen LogP contribution in [-0.4, -0.2) is 23.2 Å². The van der Waals surface area contributed by atoms with E-state index >= 15 is 0 Å². The minimum atomic E-state index is -0.295. The number of furan rings is 1. The van der Waals surface area contributed by atoms with E-state index in [0.29, 0.717) is 37.8 Å². The molecule has 9 heteroatoms. The highest BCUT2D eigenvalue weighted by Crippen LogP contribution is 2.45. The molecule has 0 aliphatic carbocycles. The van der Waals surface area contributed by atoms with Crippen LogP contribution in [0, 0.1) is 11.8 Å². The molecule has 40 heavy (non-hydrogen) atoms. The second kappa shape index (κ2) is 11.2. The summed E-state index contributed by atoms with van der Waals surface area (Å²) in [6.07, 6.45) is 3.03. The van der Waals surface area contributed by atoms with Crippen molar-refractivity contribution >= 4 is 63.5 Å². The number of nitrogens with zero attached hydrogens (tertiary/aromatic N) is 3. The van der Waals surface area contributed by atoms with Gasteiger partial charge in [0, 0.05) is 30.5 Å². The van der Waals surface area contributed by atoms with E-state index in [4.69, 9.17) is 51.4 Å². The fraction of sp³-hybridized carbons (Fsp3) is 0.290. The van der Waals surface area contributed by atoms with Crippen molar-refractivity contribution in [2.24, 2.45) is 11.8 Å². The molecule has 2 saturated heterocycles. The van der Waals surface area contributed by atoms with Crippen molar-refractivity contribution in [3.63, 3.8) is 0 Å². The molecular formula is C31H29Cl3N4OS. The highest BCUT2D eigenvalue weighted by molar-refractivity contribution is 7.80. The third kappa shape index (κ3) is 5.30. The van der Waals surface area contributed by atoms with E-state index in [1.165, 1.54) is 6.42 Å². The number of hydrogen-bond donors (Lipinski definition) is 1. The summed E-state index contributed by atoms with van der Waals surface area (Å²) in [6.45, 7) is 6.61. The molecule has 4 aromatic rings. The predicted molar refractivity (Wildman–Crippen MR) is 169 cm³/mol. The lowest BCUT2D eigenvalue weighted by atomic mass is 9.91. The maximum Gasteiger partial charge on any atom is 0.174 e. The Balaban J connectivity index is 1.38. The first-order valence-electron chi connectivity index (χ1n) is 13.4.